The van der Waals surface area contributed by atoms with Crippen LogP contribution < -0.4 is 10.1 Å². The highest BCUT2D eigenvalue weighted by molar-refractivity contribution is 6.28. The molecule has 0 radical (unpaired) electrons. The van der Waals surface area contributed by atoms with Gasteiger partial charge in [0.1, 0.15) is 0 Å². The summed E-state index contributed by atoms with van der Waals surface area (Å²) in [4.78, 5) is 14.6. The van der Waals surface area contributed by atoms with Gasteiger partial charge in [0.05, 0.1) is 19.3 Å². The lowest BCUT2D eigenvalue weighted by Gasteiger charge is -2.26. The Hall–Kier alpha value is -1.18. The Morgan fingerprint density at radius 1 is 1.29 bits per heavy atom. The minimum atomic E-state index is -0.00219. The number of anilines is 1. The molecule has 0 aliphatic carbocycles. The number of nitrogens with zero attached hydrogens (tertiary/aromatic N) is 4. The normalized spacial score (nSPS) is 16.2. The van der Waals surface area contributed by atoms with E-state index in [1.54, 1.807) is 0 Å². The lowest BCUT2D eigenvalue weighted by molar-refractivity contribution is 0.0378. The van der Waals surface area contributed by atoms with Crippen LogP contribution in [0.2, 0.25) is 5.28 Å². The van der Waals surface area contributed by atoms with Crippen LogP contribution in [-0.2, 0) is 4.74 Å². The second kappa shape index (κ2) is 8.31. The van der Waals surface area contributed by atoms with Gasteiger partial charge in [-0.1, -0.05) is 0 Å². The Bertz CT molecular complexity index is 441. The molecule has 0 unspecified atom stereocenters. The van der Waals surface area contributed by atoms with Crippen LogP contribution in [0, 0.1) is 0 Å². The summed E-state index contributed by atoms with van der Waals surface area (Å²) in [6.45, 7) is 9.29. The van der Waals surface area contributed by atoms with Crippen LogP contribution in [0.1, 0.15) is 20.3 Å². The monoisotopic (exact) mass is 315 g/mol. The van der Waals surface area contributed by atoms with Crippen molar-refractivity contribution in [3.05, 3.63) is 5.28 Å². The number of nitrogens with one attached hydrogen (secondary N) is 1. The van der Waals surface area contributed by atoms with E-state index in [2.05, 4.69) is 25.2 Å². The molecule has 1 aromatic heterocycles. The van der Waals surface area contributed by atoms with Crippen molar-refractivity contribution in [2.24, 2.45) is 0 Å². The van der Waals surface area contributed by atoms with E-state index in [9.17, 15) is 0 Å². The predicted molar refractivity (Wildman–Crippen MR) is 81.0 cm³/mol. The van der Waals surface area contributed by atoms with Gasteiger partial charge >= 0.3 is 6.01 Å². The van der Waals surface area contributed by atoms with Crippen LogP contribution in [0.25, 0.3) is 0 Å². The predicted octanol–water partition coefficient (Wildman–Crippen LogP) is 1.45. The fourth-order valence-electron chi connectivity index (χ4n) is 2.00. The molecular formula is C13H22ClN5O2. The molecule has 0 atom stereocenters. The molecule has 2 rings (SSSR count). The van der Waals surface area contributed by atoms with Crippen molar-refractivity contribution in [1.82, 2.24) is 19.9 Å². The Balaban J connectivity index is 1.75. The average Bonchev–Trinajstić information content (AvgIpc) is 2.43. The first-order valence-electron chi connectivity index (χ1n) is 7.25. The van der Waals surface area contributed by atoms with Gasteiger partial charge in [-0.3, -0.25) is 4.90 Å². The molecule has 1 saturated heterocycles. The van der Waals surface area contributed by atoms with E-state index in [4.69, 9.17) is 21.1 Å². The minimum absolute atomic E-state index is 0.00219. The van der Waals surface area contributed by atoms with E-state index in [-0.39, 0.29) is 17.4 Å². The molecule has 1 fully saturated rings. The van der Waals surface area contributed by atoms with Gasteiger partial charge in [-0.25, -0.2) is 0 Å². The quantitative estimate of drug-likeness (QED) is 0.763. The van der Waals surface area contributed by atoms with Crippen molar-refractivity contribution in [3.8, 4) is 6.01 Å². The van der Waals surface area contributed by atoms with Crippen molar-refractivity contribution >= 4 is 17.5 Å². The van der Waals surface area contributed by atoms with E-state index in [0.717, 1.165) is 45.8 Å². The van der Waals surface area contributed by atoms with Crippen LogP contribution in [0.15, 0.2) is 0 Å². The Kier molecular flexibility index (Phi) is 6.41. The Labute approximate surface area is 130 Å². The molecule has 0 amide bonds. The summed E-state index contributed by atoms with van der Waals surface area (Å²) in [6.07, 6.45) is 1.00. The highest BCUT2D eigenvalue weighted by Gasteiger charge is 2.10. The lowest BCUT2D eigenvalue weighted by atomic mass is 10.3. The topological polar surface area (TPSA) is 72.4 Å². The Morgan fingerprint density at radius 3 is 2.76 bits per heavy atom. The SMILES string of the molecule is CC(C)Oc1nc(Cl)nc(NCCCN2CCOCC2)n1. The van der Waals surface area contributed by atoms with Gasteiger partial charge in [0.2, 0.25) is 11.2 Å². The van der Waals surface area contributed by atoms with Crippen LogP contribution >= 0.6 is 11.6 Å². The van der Waals surface area contributed by atoms with Crippen LogP contribution in [0.3, 0.4) is 0 Å². The van der Waals surface area contributed by atoms with E-state index >= 15 is 0 Å². The molecule has 0 aromatic carbocycles. The largest absolute Gasteiger partial charge is 0.461 e. The summed E-state index contributed by atoms with van der Waals surface area (Å²) in [7, 11) is 0. The van der Waals surface area contributed by atoms with Crippen molar-refractivity contribution in [1.29, 1.82) is 0 Å². The summed E-state index contributed by atoms with van der Waals surface area (Å²) in [5.41, 5.74) is 0. The number of ether oxygens (including phenoxy) is 2. The minimum Gasteiger partial charge on any atom is -0.461 e. The van der Waals surface area contributed by atoms with Gasteiger partial charge in [0, 0.05) is 19.6 Å². The van der Waals surface area contributed by atoms with E-state index in [1.165, 1.54) is 0 Å². The molecule has 0 bridgehead atoms. The maximum Gasteiger partial charge on any atom is 0.322 e. The van der Waals surface area contributed by atoms with Crippen LogP contribution in [-0.4, -0.2) is 65.3 Å². The van der Waals surface area contributed by atoms with Gasteiger partial charge in [-0.05, 0) is 38.4 Å². The molecule has 0 saturated carbocycles. The summed E-state index contributed by atoms with van der Waals surface area (Å²) in [6, 6.07) is 0.251. The molecule has 0 spiro atoms. The molecule has 2 heterocycles. The number of hydrogen-bond acceptors (Lipinski definition) is 7. The zero-order valence-corrected chi connectivity index (χ0v) is 13.3. The summed E-state index contributed by atoms with van der Waals surface area (Å²) >= 11 is 5.86. The maximum absolute atomic E-state index is 5.86. The third-order valence-corrected chi connectivity index (χ3v) is 3.14. The molecule has 21 heavy (non-hydrogen) atoms. The van der Waals surface area contributed by atoms with Crippen molar-refractivity contribution in [2.45, 2.75) is 26.4 Å². The van der Waals surface area contributed by atoms with Gasteiger partial charge < -0.3 is 14.8 Å². The highest BCUT2D eigenvalue weighted by Crippen LogP contribution is 2.12. The first kappa shape index (κ1) is 16.2. The second-order valence-electron chi connectivity index (χ2n) is 5.11. The highest BCUT2D eigenvalue weighted by atomic mass is 35.5. The smallest absolute Gasteiger partial charge is 0.322 e. The fraction of sp³-hybridized carbons (Fsp3) is 0.769. The standard InChI is InChI=1S/C13H22ClN5O2/c1-10(2)21-13-17-11(14)16-12(18-13)15-4-3-5-19-6-8-20-9-7-19/h10H,3-9H2,1-2H3,(H,15,16,17,18). The van der Waals surface area contributed by atoms with Gasteiger partial charge in [-0.2, -0.15) is 15.0 Å². The first-order valence-corrected chi connectivity index (χ1v) is 7.63. The maximum atomic E-state index is 5.86. The third kappa shape index (κ3) is 5.99. The van der Waals surface area contributed by atoms with Gasteiger partial charge in [0.25, 0.3) is 0 Å². The molecule has 8 heteroatoms. The summed E-state index contributed by atoms with van der Waals surface area (Å²) in [5.74, 6) is 0.452. The Morgan fingerprint density at radius 2 is 2.05 bits per heavy atom. The van der Waals surface area contributed by atoms with Crippen LogP contribution in [0.5, 0.6) is 6.01 Å². The third-order valence-electron chi connectivity index (χ3n) is 2.97. The second-order valence-corrected chi connectivity index (χ2v) is 5.45. The molecule has 1 aliphatic rings. The van der Waals surface area contributed by atoms with Gasteiger partial charge in [-0.15, -0.1) is 0 Å². The van der Waals surface area contributed by atoms with E-state index < -0.39 is 0 Å². The van der Waals surface area contributed by atoms with Crippen molar-refractivity contribution in [2.75, 3.05) is 44.7 Å². The van der Waals surface area contributed by atoms with E-state index in [0.29, 0.717) is 5.95 Å². The zero-order chi connectivity index (χ0) is 15.1. The van der Waals surface area contributed by atoms with Gasteiger partial charge in [0.15, 0.2) is 0 Å². The number of hydrogen-bond donors (Lipinski definition) is 1. The molecule has 118 valence electrons. The molecule has 7 nitrogen and oxygen atoms in total. The average molecular weight is 316 g/mol. The molecule has 1 aliphatic heterocycles. The molecular weight excluding hydrogens is 294 g/mol. The van der Waals surface area contributed by atoms with Crippen molar-refractivity contribution in [3.63, 3.8) is 0 Å². The number of morpholine rings is 1. The number of rotatable bonds is 7. The number of aromatic nitrogens is 3. The zero-order valence-electron chi connectivity index (χ0n) is 12.5. The summed E-state index contributed by atoms with van der Waals surface area (Å²) in [5, 5.41) is 3.29. The van der Waals surface area contributed by atoms with Crippen LogP contribution in [0.4, 0.5) is 5.95 Å². The number of halogens is 1. The summed E-state index contributed by atoms with van der Waals surface area (Å²) < 4.78 is 10.7. The molecule has 1 N–H and O–H groups in total. The molecule has 1 aromatic rings. The van der Waals surface area contributed by atoms with Crippen molar-refractivity contribution < 1.29 is 9.47 Å². The fourth-order valence-corrected chi connectivity index (χ4v) is 2.15. The van der Waals surface area contributed by atoms with E-state index in [1.807, 2.05) is 13.8 Å². The lowest BCUT2D eigenvalue weighted by Crippen LogP contribution is -2.37. The first-order chi connectivity index (χ1) is 10.1.